The molecular weight excluding hydrogens is 352 g/mol. The zero-order valence-corrected chi connectivity index (χ0v) is 15.5. The number of hydrogen-bond donors (Lipinski definition) is 2. The first-order valence-corrected chi connectivity index (χ1v) is 9.68. The summed E-state index contributed by atoms with van der Waals surface area (Å²) in [5.41, 5.74) is 0. The predicted molar refractivity (Wildman–Crippen MR) is 94.3 cm³/mol. The maximum atomic E-state index is 12.4. The summed E-state index contributed by atoms with van der Waals surface area (Å²) in [7, 11) is 0. The average molecular weight is 378 g/mol. The number of carbonyl (C=O) groups is 5. The van der Waals surface area contributed by atoms with Crippen LogP contribution in [-0.4, -0.2) is 58.2 Å². The molecule has 3 aliphatic rings. The van der Waals surface area contributed by atoms with Crippen LogP contribution in [0.15, 0.2) is 0 Å². The fourth-order valence-electron chi connectivity index (χ4n) is 4.19. The van der Waals surface area contributed by atoms with Crippen molar-refractivity contribution in [2.75, 3.05) is 6.54 Å². The lowest BCUT2D eigenvalue weighted by Gasteiger charge is -2.29. The third-order valence-corrected chi connectivity index (χ3v) is 5.76. The fourth-order valence-corrected chi connectivity index (χ4v) is 4.19. The molecule has 0 aromatic carbocycles. The first-order valence-electron chi connectivity index (χ1n) is 9.68. The van der Waals surface area contributed by atoms with Crippen molar-refractivity contribution < 1.29 is 24.0 Å². The van der Waals surface area contributed by atoms with Crippen LogP contribution in [0, 0.1) is 5.92 Å². The van der Waals surface area contributed by atoms with Gasteiger partial charge in [0.1, 0.15) is 6.54 Å². The summed E-state index contributed by atoms with van der Waals surface area (Å²) in [6.07, 6.45) is 7.18. The van der Waals surface area contributed by atoms with Crippen LogP contribution in [0.1, 0.15) is 58.3 Å². The molecule has 0 bridgehead atoms. The maximum Gasteiger partial charge on any atom is 0.334 e. The molecule has 1 aliphatic heterocycles. The predicted octanol–water partition coefficient (Wildman–Crippen LogP) is 1.12. The number of hydrogen-bond acceptors (Lipinski definition) is 5. The van der Waals surface area contributed by atoms with Crippen LogP contribution in [0.2, 0.25) is 0 Å². The van der Waals surface area contributed by atoms with E-state index in [9.17, 15) is 24.0 Å². The Morgan fingerprint density at radius 3 is 2.26 bits per heavy atom. The van der Waals surface area contributed by atoms with Gasteiger partial charge in [0.2, 0.25) is 5.91 Å². The average Bonchev–Trinajstić information content (AvgIpc) is 3.20. The normalized spacial score (nSPS) is 26.6. The molecule has 148 valence electrons. The Kier molecular flexibility index (Phi) is 5.76. The van der Waals surface area contributed by atoms with Gasteiger partial charge in [-0.25, -0.2) is 14.5 Å². The van der Waals surface area contributed by atoms with Crippen LogP contribution in [-0.2, 0) is 14.4 Å². The molecule has 0 aromatic rings. The van der Waals surface area contributed by atoms with Crippen molar-refractivity contribution in [3.05, 3.63) is 0 Å². The van der Waals surface area contributed by atoms with Gasteiger partial charge in [-0.2, -0.15) is 0 Å². The number of rotatable bonds is 4. The van der Waals surface area contributed by atoms with Crippen LogP contribution in [0.5, 0.6) is 0 Å². The largest absolute Gasteiger partial charge is 0.335 e. The van der Waals surface area contributed by atoms with Crippen molar-refractivity contribution >= 4 is 29.8 Å². The van der Waals surface area contributed by atoms with Crippen molar-refractivity contribution in [3.8, 4) is 0 Å². The topological polar surface area (TPSA) is 116 Å². The van der Waals surface area contributed by atoms with Crippen molar-refractivity contribution in [2.45, 2.75) is 70.4 Å². The van der Waals surface area contributed by atoms with Crippen molar-refractivity contribution in [2.24, 2.45) is 5.92 Å². The van der Waals surface area contributed by atoms with Gasteiger partial charge in [0.15, 0.2) is 0 Å². The lowest BCUT2D eigenvalue weighted by atomic mass is 9.86. The van der Waals surface area contributed by atoms with Crippen LogP contribution in [0.25, 0.3) is 0 Å². The summed E-state index contributed by atoms with van der Waals surface area (Å²) in [6.45, 7) is 1.41. The first-order chi connectivity index (χ1) is 12.9. The van der Waals surface area contributed by atoms with E-state index in [0.717, 1.165) is 43.4 Å². The molecule has 27 heavy (non-hydrogen) atoms. The Hall–Kier alpha value is -2.45. The summed E-state index contributed by atoms with van der Waals surface area (Å²) >= 11 is 0. The highest BCUT2D eigenvalue weighted by atomic mass is 16.2. The molecule has 2 atom stereocenters. The van der Waals surface area contributed by atoms with Crippen LogP contribution >= 0.6 is 0 Å². The minimum absolute atomic E-state index is 0.000960. The molecule has 1 heterocycles. The van der Waals surface area contributed by atoms with Crippen LogP contribution < -0.4 is 10.6 Å². The van der Waals surface area contributed by atoms with Gasteiger partial charge in [0.25, 0.3) is 0 Å². The molecule has 3 rings (SSSR count). The zero-order valence-electron chi connectivity index (χ0n) is 15.5. The van der Waals surface area contributed by atoms with Gasteiger partial charge in [0.05, 0.1) is 0 Å². The van der Waals surface area contributed by atoms with Gasteiger partial charge in [-0.3, -0.25) is 24.6 Å². The van der Waals surface area contributed by atoms with Crippen molar-refractivity contribution in [3.63, 3.8) is 0 Å². The molecule has 1 saturated heterocycles. The molecular formula is C18H26N4O5. The Morgan fingerprint density at radius 2 is 1.59 bits per heavy atom. The summed E-state index contributed by atoms with van der Waals surface area (Å²) in [5.74, 6) is -2.36. The Labute approximate surface area is 157 Å². The molecule has 2 saturated carbocycles. The molecule has 2 aliphatic carbocycles. The second-order valence-corrected chi connectivity index (χ2v) is 7.68. The van der Waals surface area contributed by atoms with E-state index in [4.69, 9.17) is 0 Å². The van der Waals surface area contributed by atoms with Gasteiger partial charge in [-0.05, 0) is 31.6 Å². The van der Waals surface area contributed by atoms with Gasteiger partial charge >= 0.3 is 23.9 Å². The van der Waals surface area contributed by atoms with Crippen LogP contribution in [0.4, 0.5) is 9.59 Å². The quantitative estimate of drug-likeness (QED) is 0.562. The molecule has 9 nitrogen and oxygen atoms in total. The highest BCUT2D eigenvalue weighted by Gasteiger charge is 2.48. The number of nitrogens with one attached hydrogen (secondary N) is 2. The fraction of sp³-hybridized carbons (Fsp3) is 0.722. The summed E-state index contributed by atoms with van der Waals surface area (Å²) in [6, 6.07) is -1.69. The highest BCUT2D eigenvalue weighted by molar-refractivity contribution is 6.45. The Balaban J connectivity index is 1.53. The lowest BCUT2D eigenvalue weighted by molar-refractivity contribution is -0.144. The zero-order chi connectivity index (χ0) is 19.6. The number of urea groups is 2. The first kappa shape index (κ1) is 19.3. The number of imide groups is 3. The third-order valence-electron chi connectivity index (χ3n) is 5.76. The van der Waals surface area contributed by atoms with Gasteiger partial charge in [-0.1, -0.05) is 32.6 Å². The monoisotopic (exact) mass is 378 g/mol. The van der Waals surface area contributed by atoms with E-state index in [0.29, 0.717) is 23.7 Å². The number of carbonyl (C=O) groups excluding carboxylic acids is 5. The van der Waals surface area contributed by atoms with Gasteiger partial charge in [0, 0.05) is 12.1 Å². The molecule has 2 N–H and O–H groups in total. The number of nitrogens with zero attached hydrogens (tertiary/aromatic N) is 2. The van der Waals surface area contributed by atoms with Crippen molar-refractivity contribution in [1.82, 2.24) is 20.4 Å². The molecule has 9 heteroatoms. The molecule has 7 amide bonds. The standard InChI is InChI=1S/C18H26N4O5/c1-11-6-2-5-9-13(11)19-17(26)20-14(23)10-21-15(24)16(25)22(18(21)27)12-7-3-4-8-12/h11-13H,2-10H2,1H3,(H2,19,20,23,26)/t11-,13+/m0/s1. The third kappa shape index (κ3) is 4.12. The van der Waals surface area contributed by atoms with E-state index in [-0.39, 0.29) is 12.1 Å². The second-order valence-electron chi connectivity index (χ2n) is 7.68. The molecule has 0 unspecified atom stereocenters. The smallest absolute Gasteiger partial charge is 0.334 e. The van der Waals surface area contributed by atoms with E-state index in [2.05, 4.69) is 17.6 Å². The Morgan fingerprint density at radius 1 is 0.963 bits per heavy atom. The van der Waals surface area contributed by atoms with Gasteiger partial charge in [-0.15, -0.1) is 0 Å². The van der Waals surface area contributed by atoms with Crippen molar-refractivity contribution in [1.29, 1.82) is 0 Å². The number of amides is 7. The minimum Gasteiger partial charge on any atom is -0.335 e. The Bertz CT molecular complexity index is 658. The lowest BCUT2D eigenvalue weighted by Crippen LogP contribution is -2.50. The van der Waals surface area contributed by atoms with E-state index >= 15 is 0 Å². The molecule has 0 aromatic heterocycles. The van der Waals surface area contributed by atoms with Crippen LogP contribution in [0.3, 0.4) is 0 Å². The summed E-state index contributed by atoms with van der Waals surface area (Å²) < 4.78 is 0. The van der Waals surface area contributed by atoms with E-state index in [1.54, 1.807) is 0 Å². The van der Waals surface area contributed by atoms with E-state index < -0.39 is 36.3 Å². The summed E-state index contributed by atoms with van der Waals surface area (Å²) in [5, 5.41) is 4.92. The second kappa shape index (κ2) is 8.06. The summed E-state index contributed by atoms with van der Waals surface area (Å²) in [4.78, 5) is 62.4. The molecule has 3 fully saturated rings. The molecule has 0 radical (unpaired) electrons. The maximum absolute atomic E-state index is 12.4. The van der Waals surface area contributed by atoms with Gasteiger partial charge < -0.3 is 5.32 Å². The van der Waals surface area contributed by atoms with E-state index in [1.807, 2.05) is 0 Å². The molecule has 0 spiro atoms. The minimum atomic E-state index is -1.01. The van der Waals surface area contributed by atoms with E-state index in [1.165, 1.54) is 0 Å². The SMILES string of the molecule is C[C@H]1CCCC[C@H]1NC(=O)NC(=O)CN1C(=O)C(=O)N(C2CCCC2)C1=O. The highest BCUT2D eigenvalue weighted by Crippen LogP contribution is 2.27.